The highest BCUT2D eigenvalue weighted by Gasteiger charge is 2.21. The second kappa shape index (κ2) is 11.1. The summed E-state index contributed by atoms with van der Waals surface area (Å²) < 4.78 is 26.1. The number of anilines is 1. The van der Waals surface area contributed by atoms with Gasteiger partial charge in [-0.3, -0.25) is 9.36 Å². The van der Waals surface area contributed by atoms with E-state index < -0.39 is 0 Å². The molecule has 0 aliphatic carbocycles. The molecule has 7 nitrogen and oxygen atoms in total. The van der Waals surface area contributed by atoms with Crippen molar-refractivity contribution in [3.05, 3.63) is 78.6 Å². The van der Waals surface area contributed by atoms with Crippen LogP contribution in [0.5, 0.6) is 11.5 Å². The Morgan fingerprint density at radius 3 is 2.34 bits per heavy atom. The summed E-state index contributed by atoms with van der Waals surface area (Å²) in [4.78, 5) is 14.7. The summed E-state index contributed by atoms with van der Waals surface area (Å²) in [5.41, 5.74) is 2.24. The normalized spacial score (nSPS) is 10.7. The van der Waals surface area contributed by atoms with Crippen LogP contribution in [-0.4, -0.2) is 47.2 Å². The van der Waals surface area contributed by atoms with Crippen LogP contribution < -0.4 is 14.4 Å². The second-order valence-electron chi connectivity index (χ2n) is 7.44. The third kappa shape index (κ3) is 5.30. The van der Waals surface area contributed by atoms with Crippen molar-refractivity contribution in [1.29, 1.82) is 0 Å². The molecule has 0 aliphatic rings. The lowest BCUT2D eigenvalue weighted by Gasteiger charge is -2.21. The number of rotatable bonds is 9. The van der Waals surface area contributed by atoms with E-state index in [4.69, 9.17) is 9.47 Å². The number of carbonyl (C=O) groups is 1. The molecule has 4 aromatic rings. The maximum Gasteiger partial charge on any atom is 0.237 e. The lowest BCUT2D eigenvalue weighted by Crippen LogP contribution is -2.32. The molecule has 9 heteroatoms. The summed E-state index contributed by atoms with van der Waals surface area (Å²) in [6.45, 7) is 2.34. The minimum Gasteiger partial charge on any atom is -0.497 e. The Balaban J connectivity index is 1.67. The van der Waals surface area contributed by atoms with E-state index in [-0.39, 0.29) is 17.5 Å². The zero-order valence-electron chi connectivity index (χ0n) is 19.6. The lowest BCUT2D eigenvalue weighted by atomic mass is 10.2. The molecule has 0 spiro atoms. The van der Waals surface area contributed by atoms with Gasteiger partial charge in [0.05, 0.1) is 31.2 Å². The predicted octanol–water partition coefficient (Wildman–Crippen LogP) is 5.24. The van der Waals surface area contributed by atoms with Crippen LogP contribution in [0.1, 0.15) is 6.92 Å². The summed E-state index contributed by atoms with van der Waals surface area (Å²) in [7, 11) is 3.22. The molecule has 4 rings (SSSR count). The molecule has 0 fully saturated rings. The number of aromatic nitrogens is 3. The molecule has 0 saturated heterocycles. The summed E-state index contributed by atoms with van der Waals surface area (Å²) in [6, 6.07) is 21.0. The molecule has 0 unspecified atom stereocenters. The highest BCUT2D eigenvalue weighted by molar-refractivity contribution is 7.99. The topological polar surface area (TPSA) is 69.5 Å². The van der Waals surface area contributed by atoms with E-state index in [0.717, 1.165) is 17.0 Å². The van der Waals surface area contributed by atoms with Gasteiger partial charge in [0, 0.05) is 12.2 Å². The van der Waals surface area contributed by atoms with Gasteiger partial charge in [-0.25, -0.2) is 4.39 Å². The first-order valence-electron chi connectivity index (χ1n) is 11.0. The van der Waals surface area contributed by atoms with Crippen LogP contribution in [0, 0.1) is 5.82 Å². The third-order valence-corrected chi connectivity index (χ3v) is 6.31. The van der Waals surface area contributed by atoms with Crippen molar-refractivity contribution in [3.63, 3.8) is 0 Å². The number of halogens is 1. The molecule has 0 atom stereocenters. The lowest BCUT2D eigenvalue weighted by molar-refractivity contribution is -0.116. The number of thioether (sulfide) groups is 1. The third-order valence-electron chi connectivity index (χ3n) is 5.39. The fourth-order valence-electron chi connectivity index (χ4n) is 3.66. The molecular formula is C26H25FN4O3S. The molecule has 35 heavy (non-hydrogen) atoms. The SMILES string of the molecule is CCN(C(=O)CSc1nnc(-c2ccccc2OC)n1-c1ccc(OC)cc1)c1ccc(F)cc1. The summed E-state index contributed by atoms with van der Waals surface area (Å²) in [5, 5.41) is 9.39. The Morgan fingerprint density at radius 1 is 0.971 bits per heavy atom. The predicted molar refractivity (Wildman–Crippen MR) is 135 cm³/mol. The smallest absolute Gasteiger partial charge is 0.237 e. The van der Waals surface area contributed by atoms with Crippen molar-refractivity contribution in [2.75, 3.05) is 31.4 Å². The average Bonchev–Trinajstić information content (AvgIpc) is 3.32. The van der Waals surface area contributed by atoms with Gasteiger partial charge in [-0.1, -0.05) is 23.9 Å². The van der Waals surface area contributed by atoms with Crippen LogP contribution >= 0.6 is 11.8 Å². The maximum atomic E-state index is 13.3. The number of amides is 1. The fourth-order valence-corrected chi connectivity index (χ4v) is 4.49. The number of ether oxygens (including phenoxy) is 2. The number of methoxy groups -OCH3 is 2. The van der Waals surface area contributed by atoms with Crippen LogP contribution in [0.15, 0.2) is 78.0 Å². The van der Waals surface area contributed by atoms with E-state index in [1.165, 1.54) is 23.9 Å². The number of carbonyl (C=O) groups excluding carboxylic acids is 1. The van der Waals surface area contributed by atoms with Crippen molar-refractivity contribution < 1.29 is 18.7 Å². The van der Waals surface area contributed by atoms with E-state index in [9.17, 15) is 9.18 Å². The zero-order chi connectivity index (χ0) is 24.8. The summed E-state index contributed by atoms with van der Waals surface area (Å²) in [5.74, 6) is 1.65. The van der Waals surface area contributed by atoms with Crippen molar-refractivity contribution in [2.45, 2.75) is 12.1 Å². The van der Waals surface area contributed by atoms with E-state index in [0.29, 0.717) is 29.0 Å². The summed E-state index contributed by atoms with van der Waals surface area (Å²) >= 11 is 1.28. The minimum atomic E-state index is -0.344. The number of hydrogen-bond acceptors (Lipinski definition) is 6. The molecule has 1 amide bonds. The van der Waals surface area contributed by atoms with E-state index >= 15 is 0 Å². The molecule has 0 N–H and O–H groups in total. The van der Waals surface area contributed by atoms with Crippen molar-refractivity contribution in [1.82, 2.24) is 14.8 Å². The van der Waals surface area contributed by atoms with Crippen LogP contribution in [0.3, 0.4) is 0 Å². The molecular weight excluding hydrogens is 467 g/mol. The zero-order valence-corrected chi connectivity index (χ0v) is 20.5. The van der Waals surface area contributed by atoms with Crippen LogP contribution in [0.2, 0.25) is 0 Å². The van der Waals surface area contributed by atoms with Crippen LogP contribution in [0.25, 0.3) is 17.1 Å². The Morgan fingerprint density at radius 2 is 1.69 bits per heavy atom. The number of para-hydroxylation sites is 1. The summed E-state index contributed by atoms with van der Waals surface area (Å²) in [6.07, 6.45) is 0. The van der Waals surface area contributed by atoms with Gasteiger partial charge in [0.15, 0.2) is 11.0 Å². The molecule has 1 aromatic heterocycles. The molecule has 0 aliphatic heterocycles. The van der Waals surface area contributed by atoms with Gasteiger partial charge in [0.1, 0.15) is 17.3 Å². The number of hydrogen-bond donors (Lipinski definition) is 0. The quantitative estimate of drug-likeness (QED) is 0.298. The number of benzene rings is 3. The van der Waals surface area contributed by atoms with Crippen LogP contribution in [-0.2, 0) is 4.79 Å². The minimum absolute atomic E-state index is 0.118. The monoisotopic (exact) mass is 492 g/mol. The van der Waals surface area contributed by atoms with Gasteiger partial charge in [0.2, 0.25) is 5.91 Å². The van der Waals surface area contributed by atoms with Crippen LogP contribution in [0.4, 0.5) is 10.1 Å². The molecule has 3 aromatic carbocycles. The van der Waals surface area contributed by atoms with Gasteiger partial charge in [-0.2, -0.15) is 0 Å². The Bertz CT molecular complexity index is 1290. The van der Waals surface area contributed by atoms with Crippen molar-refractivity contribution >= 4 is 23.4 Å². The molecule has 0 saturated carbocycles. The largest absolute Gasteiger partial charge is 0.497 e. The van der Waals surface area contributed by atoms with Gasteiger partial charge in [-0.05, 0) is 67.6 Å². The highest BCUT2D eigenvalue weighted by atomic mass is 32.2. The van der Waals surface area contributed by atoms with Gasteiger partial charge < -0.3 is 14.4 Å². The van der Waals surface area contributed by atoms with E-state index in [1.807, 2.05) is 60.0 Å². The van der Waals surface area contributed by atoms with Gasteiger partial charge in [-0.15, -0.1) is 10.2 Å². The standard InChI is InChI=1S/C26H25FN4O3S/c1-4-30(19-11-9-18(27)10-12-19)24(32)17-35-26-29-28-25(22-7-5-6-8-23(22)34-3)31(26)20-13-15-21(33-2)16-14-20/h5-16H,4,17H2,1-3H3. The molecule has 180 valence electrons. The number of nitrogens with zero attached hydrogens (tertiary/aromatic N) is 4. The molecule has 0 radical (unpaired) electrons. The fraction of sp³-hybridized carbons (Fsp3) is 0.192. The van der Waals surface area contributed by atoms with Gasteiger partial charge in [0.25, 0.3) is 0 Å². The maximum absolute atomic E-state index is 13.3. The first-order valence-corrected chi connectivity index (χ1v) is 12.0. The second-order valence-corrected chi connectivity index (χ2v) is 8.39. The first-order chi connectivity index (χ1) is 17.0. The van der Waals surface area contributed by atoms with E-state index in [2.05, 4.69) is 10.2 Å². The Labute approximate surface area is 207 Å². The Kier molecular flexibility index (Phi) is 7.67. The Hall–Kier alpha value is -3.85. The first kappa shape index (κ1) is 24.3. The molecule has 0 bridgehead atoms. The van der Waals surface area contributed by atoms with Crippen molar-refractivity contribution in [3.8, 4) is 28.6 Å². The van der Waals surface area contributed by atoms with E-state index in [1.54, 1.807) is 31.3 Å². The average molecular weight is 493 g/mol. The van der Waals surface area contributed by atoms with Crippen molar-refractivity contribution in [2.24, 2.45) is 0 Å². The van der Waals surface area contributed by atoms with Gasteiger partial charge >= 0.3 is 0 Å². The highest BCUT2D eigenvalue weighted by Crippen LogP contribution is 2.34. The molecule has 1 heterocycles.